The molecule has 0 aliphatic carbocycles. The molecule has 5 heteroatoms. The number of rotatable bonds is 9. The molecule has 0 bridgehead atoms. The maximum Gasteiger partial charge on any atom is 0.161 e. The summed E-state index contributed by atoms with van der Waals surface area (Å²) >= 11 is 0. The fourth-order valence-electron chi connectivity index (χ4n) is 2.20. The molecule has 0 spiro atoms. The van der Waals surface area contributed by atoms with Crippen LogP contribution in [0.4, 0.5) is 0 Å². The molecular formula is C19H24N2O3. The summed E-state index contributed by atoms with van der Waals surface area (Å²) in [7, 11) is 3.30. The van der Waals surface area contributed by atoms with Crippen molar-refractivity contribution in [1.82, 2.24) is 5.43 Å². The largest absolute Gasteiger partial charge is 0.496 e. The van der Waals surface area contributed by atoms with E-state index in [0.717, 1.165) is 29.0 Å². The lowest BCUT2D eigenvalue weighted by atomic mass is 10.2. The lowest BCUT2D eigenvalue weighted by molar-refractivity contribution is 0.294. The fourth-order valence-corrected chi connectivity index (χ4v) is 2.20. The average Bonchev–Trinajstić information content (AvgIpc) is 2.64. The topological polar surface area (TPSA) is 52.1 Å². The zero-order chi connectivity index (χ0) is 17.2. The van der Waals surface area contributed by atoms with E-state index >= 15 is 0 Å². The lowest BCUT2D eigenvalue weighted by Gasteiger charge is -2.10. The van der Waals surface area contributed by atoms with Gasteiger partial charge in [0.25, 0.3) is 0 Å². The Morgan fingerprint density at radius 2 is 1.79 bits per heavy atom. The highest BCUT2D eigenvalue weighted by molar-refractivity contribution is 5.80. The van der Waals surface area contributed by atoms with E-state index in [4.69, 9.17) is 14.2 Å². The zero-order valence-electron chi connectivity index (χ0n) is 14.4. The number of benzene rings is 2. The highest BCUT2D eigenvalue weighted by Gasteiger charge is 2.04. The molecule has 0 saturated carbocycles. The van der Waals surface area contributed by atoms with E-state index in [9.17, 15) is 0 Å². The molecule has 24 heavy (non-hydrogen) atoms. The van der Waals surface area contributed by atoms with Crippen LogP contribution in [0, 0.1) is 0 Å². The third-order valence-corrected chi connectivity index (χ3v) is 3.42. The van der Waals surface area contributed by atoms with Gasteiger partial charge in [-0.05, 0) is 36.2 Å². The zero-order valence-corrected chi connectivity index (χ0v) is 14.4. The van der Waals surface area contributed by atoms with Crippen molar-refractivity contribution in [2.75, 3.05) is 20.8 Å². The maximum absolute atomic E-state index is 5.64. The molecular weight excluding hydrogens is 304 g/mol. The third kappa shape index (κ3) is 4.91. The summed E-state index contributed by atoms with van der Waals surface area (Å²) in [5.41, 5.74) is 5.02. The van der Waals surface area contributed by atoms with Gasteiger partial charge in [-0.2, -0.15) is 5.10 Å². The molecule has 128 valence electrons. The molecule has 0 amide bonds. The van der Waals surface area contributed by atoms with E-state index in [1.54, 1.807) is 20.4 Å². The van der Waals surface area contributed by atoms with E-state index in [1.807, 2.05) is 42.5 Å². The highest BCUT2D eigenvalue weighted by Crippen LogP contribution is 2.27. The van der Waals surface area contributed by atoms with E-state index < -0.39 is 0 Å². The Bertz CT molecular complexity index is 671. The first-order valence-electron chi connectivity index (χ1n) is 7.97. The molecule has 5 nitrogen and oxygen atoms in total. The van der Waals surface area contributed by atoms with Crippen LogP contribution >= 0.6 is 0 Å². The molecule has 0 radical (unpaired) electrons. The number of hydrogen-bond acceptors (Lipinski definition) is 5. The van der Waals surface area contributed by atoms with Crippen LogP contribution < -0.4 is 19.6 Å². The summed E-state index contributed by atoms with van der Waals surface area (Å²) < 4.78 is 16.3. The van der Waals surface area contributed by atoms with Gasteiger partial charge in [-0.15, -0.1) is 0 Å². The van der Waals surface area contributed by atoms with E-state index in [-0.39, 0.29) is 0 Å². The molecule has 2 aromatic rings. The van der Waals surface area contributed by atoms with Crippen LogP contribution in [-0.2, 0) is 6.54 Å². The Morgan fingerprint density at radius 1 is 1.00 bits per heavy atom. The Labute approximate surface area is 143 Å². The molecule has 0 unspecified atom stereocenters. The van der Waals surface area contributed by atoms with Crippen LogP contribution in [0.25, 0.3) is 0 Å². The molecule has 0 heterocycles. The number of ether oxygens (including phenoxy) is 3. The minimum absolute atomic E-state index is 0.593. The van der Waals surface area contributed by atoms with E-state index in [0.29, 0.717) is 18.9 Å². The van der Waals surface area contributed by atoms with Gasteiger partial charge in [-0.3, -0.25) is 0 Å². The van der Waals surface area contributed by atoms with Crippen molar-refractivity contribution >= 4 is 6.21 Å². The van der Waals surface area contributed by atoms with Crippen molar-refractivity contribution in [1.29, 1.82) is 0 Å². The van der Waals surface area contributed by atoms with Gasteiger partial charge in [0.2, 0.25) is 0 Å². The first-order chi connectivity index (χ1) is 11.8. The van der Waals surface area contributed by atoms with Crippen molar-refractivity contribution in [3.63, 3.8) is 0 Å². The molecule has 0 atom stereocenters. The molecule has 0 aliphatic heterocycles. The first kappa shape index (κ1) is 17.7. The predicted octanol–water partition coefficient (Wildman–Crippen LogP) is 3.62. The monoisotopic (exact) mass is 328 g/mol. The minimum Gasteiger partial charge on any atom is -0.496 e. The Kier molecular flexibility index (Phi) is 6.95. The molecule has 2 rings (SSSR count). The lowest BCUT2D eigenvalue weighted by Crippen LogP contribution is -2.07. The fraction of sp³-hybridized carbons (Fsp3) is 0.316. The summed E-state index contributed by atoms with van der Waals surface area (Å²) in [6.07, 6.45) is 2.71. The summed E-state index contributed by atoms with van der Waals surface area (Å²) in [6.45, 7) is 3.33. The van der Waals surface area contributed by atoms with Crippen molar-refractivity contribution in [3.05, 3.63) is 53.6 Å². The second-order valence-electron chi connectivity index (χ2n) is 5.16. The van der Waals surface area contributed by atoms with Gasteiger partial charge in [-0.25, -0.2) is 0 Å². The average molecular weight is 328 g/mol. The van der Waals surface area contributed by atoms with Crippen LogP contribution in [0.15, 0.2) is 47.6 Å². The Balaban J connectivity index is 1.96. The van der Waals surface area contributed by atoms with Crippen molar-refractivity contribution in [2.45, 2.75) is 19.9 Å². The van der Waals surface area contributed by atoms with Gasteiger partial charge >= 0.3 is 0 Å². The van der Waals surface area contributed by atoms with Gasteiger partial charge in [0.05, 0.1) is 33.6 Å². The van der Waals surface area contributed by atoms with Crippen molar-refractivity contribution in [3.8, 4) is 17.2 Å². The highest BCUT2D eigenvalue weighted by atomic mass is 16.5. The number of hydrazone groups is 1. The standard InChI is InChI=1S/C19H24N2O3/c1-4-11-24-18-10-9-15(12-19(18)23-3)13-20-21-14-16-7-5-6-8-17(16)22-2/h5-10,12-13,21H,4,11,14H2,1-3H3/b20-13-. The summed E-state index contributed by atoms with van der Waals surface area (Å²) in [6, 6.07) is 13.6. The van der Waals surface area contributed by atoms with Gasteiger partial charge in [-0.1, -0.05) is 25.1 Å². The smallest absolute Gasteiger partial charge is 0.161 e. The quantitative estimate of drug-likeness (QED) is 0.564. The molecule has 1 N–H and O–H groups in total. The number of methoxy groups -OCH3 is 2. The van der Waals surface area contributed by atoms with Crippen LogP contribution in [0.3, 0.4) is 0 Å². The van der Waals surface area contributed by atoms with Gasteiger partial charge < -0.3 is 19.6 Å². The van der Waals surface area contributed by atoms with Crippen molar-refractivity contribution < 1.29 is 14.2 Å². The predicted molar refractivity (Wildman–Crippen MR) is 96.2 cm³/mol. The number of nitrogens with one attached hydrogen (secondary N) is 1. The Morgan fingerprint density at radius 3 is 2.54 bits per heavy atom. The van der Waals surface area contributed by atoms with Crippen LogP contribution in [0.1, 0.15) is 24.5 Å². The summed E-state index contributed by atoms with van der Waals surface area (Å²) in [5, 5.41) is 4.25. The first-order valence-corrected chi connectivity index (χ1v) is 7.97. The SMILES string of the molecule is CCCOc1ccc(/C=N\NCc2ccccc2OC)cc1OC. The van der Waals surface area contributed by atoms with Gasteiger partial charge in [0.1, 0.15) is 5.75 Å². The molecule has 2 aromatic carbocycles. The molecule has 0 aromatic heterocycles. The van der Waals surface area contributed by atoms with Gasteiger partial charge in [0, 0.05) is 5.56 Å². The molecule has 0 aliphatic rings. The van der Waals surface area contributed by atoms with Crippen LogP contribution in [0.2, 0.25) is 0 Å². The second-order valence-corrected chi connectivity index (χ2v) is 5.16. The minimum atomic E-state index is 0.593. The maximum atomic E-state index is 5.64. The van der Waals surface area contributed by atoms with Crippen LogP contribution in [0.5, 0.6) is 17.2 Å². The van der Waals surface area contributed by atoms with Crippen molar-refractivity contribution in [2.24, 2.45) is 5.10 Å². The van der Waals surface area contributed by atoms with Gasteiger partial charge in [0.15, 0.2) is 11.5 Å². The summed E-state index contributed by atoms with van der Waals surface area (Å²) in [5.74, 6) is 2.30. The third-order valence-electron chi connectivity index (χ3n) is 3.42. The number of para-hydroxylation sites is 1. The number of hydrogen-bond donors (Lipinski definition) is 1. The number of nitrogens with zero attached hydrogens (tertiary/aromatic N) is 1. The van der Waals surface area contributed by atoms with E-state index in [2.05, 4.69) is 17.5 Å². The summed E-state index contributed by atoms with van der Waals surface area (Å²) in [4.78, 5) is 0. The molecule has 0 saturated heterocycles. The normalized spacial score (nSPS) is 10.6. The molecule has 0 fully saturated rings. The second kappa shape index (κ2) is 9.45. The van der Waals surface area contributed by atoms with Crippen LogP contribution in [-0.4, -0.2) is 27.0 Å². The van der Waals surface area contributed by atoms with E-state index in [1.165, 1.54) is 0 Å². The Hall–Kier alpha value is -2.69.